The molecule has 0 fully saturated rings. The van der Waals surface area contributed by atoms with Gasteiger partial charge in [0.1, 0.15) is 0 Å². The van der Waals surface area contributed by atoms with E-state index in [9.17, 15) is 0 Å². The first kappa shape index (κ1) is 10.9. The van der Waals surface area contributed by atoms with Crippen LogP contribution in [0.25, 0.3) is 22.3 Å². The summed E-state index contributed by atoms with van der Waals surface area (Å²) in [6.07, 6.45) is 1.90. The van der Waals surface area contributed by atoms with Crippen LogP contribution < -0.4 is 0 Å². The Balaban J connectivity index is 2.16. The van der Waals surface area contributed by atoms with Gasteiger partial charge < -0.3 is 0 Å². The lowest BCUT2D eigenvalue weighted by Gasteiger charge is -2.04. The van der Waals surface area contributed by atoms with Crippen LogP contribution >= 0.6 is 0 Å². The molecule has 0 amide bonds. The van der Waals surface area contributed by atoms with Gasteiger partial charge in [-0.05, 0) is 32.0 Å². The maximum Gasteiger partial charge on any atom is 0.159 e. The molecule has 0 saturated heterocycles. The molecule has 0 unspecified atom stereocenters. The predicted octanol–water partition coefficient (Wildman–Crippen LogP) is 3.91. The highest BCUT2D eigenvalue weighted by Crippen LogP contribution is 2.19. The van der Waals surface area contributed by atoms with E-state index in [-0.39, 0.29) is 0 Å². The minimum absolute atomic E-state index is 0.787. The quantitative estimate of drug-likeness (QED) is 0.638. The Morgan fingerprint density at radius 1 is 0.889 bits per heavy atom. The minimum atomic E-state index is 0.787. The van der Waals surface area contributed by atoms with E-state index in [4.69, 9.17) is 0 Å². The zero-order valence-corrected chi connectivity index (χ0v) is 10.5. The number of hydrogen-bond donors (Lipinski definition) is 0. The number of fused-ring (bicyclic) bond motifs is 1. The standard InChI is InChI=1S/C16H14N2/c1-11-4-3-5-13(8-11)16-17-10-14-9-12(2)6-7-15(14)18-16/h3-10H,1-2H3. The van der Waals surface area contributed by atoms with Crippen molar-refractivity contribution in [1.29, 1.82) is 0 Å². The molecule has 0 spiro atoms. The van der Waals surface area contributed by atoms with Crippen molar-refractivity contribution in [3.63, 3.8) is 0 Å². The lowest BCUT2D eigenvalue weighted by molar-refractivity contribution is 1.22. The molecule has 1 aromatic heterocycles. The van der Waals surface area contributed by atoms with E-state index in [1.807, 2.05) is 24.4 Å². The van der Waals surface area contributed by atoms with Crippen LogP contribution in [0, 0.1) is 13.8 Å². The molecule has 3 aromatic rings. The van der Waals surface area contributed by atoms with Crippen LogP contribution in [0.3, 0.4) is 0 Å². The molecular weight excluding hydrogens is 220 g/mol. The number of aryl methyl sites for hydroxylation is 2. The Morgan fingerprint density at radius 3 is 2.56 bits per heavy atom. The van der Waals surface area contributed by atoms with Gasteiger partial charge >= 0.3 is 0 Å². The van der Waals surface area contributed by atoms with Gasteiger partial charge in [-0.15, -0.1) is 0 Å². The molecule has 0 aliphatic carbocycles. The van der Waals surface area contributed by atoms with E-state index in [1.165, 1.54) is 11.1 Å². The number of nitrogens with zero attached hydrogens (tertiary/aromatic N) is 2. The van der Waals surface area contributed by atoms with Crippen molar-refractivity contribution in [2.75, 3.05) is 0 Å². The van der Waals surface area contributed by atoms with Gasteiger partial charge in [0.15, 0.2) is 5.82 Å². The van der Waals surface area contributed by atoms with E-state index in [0.29, 0.717) is 0 Å². The van der Waals surface area contributed by atoms with E-state index in [2.05, 4.69) is 48.1 Å². The molecule has 2 heteroatoms. The molecule has 0 aliphatic rings. The summed E-state index contributed by atoms with van der Waals surface area (Å²) in [6, 6.07) is 14.5. The van der Waals surface area contributed by atoms with Crippen molar-refractivity contribution >= 4 is 10.9 Å². The predicted molar refractivity (Wildman–Crippen MR) is 74.4 cm³/mol. The second-order valence-electron chi connectivity index (χ2n) is 4.63. The first-order valence-corrected chi connectivity index (χ1v) is 6.03. The van der Waals surface area contributed by atoms with Gasteiger partial charge in [0.25, 0.3) is 0 Å². The zero-order chi connectivity index (χ0) is 12.5. The van der Waals surface area contributed by atoms with Crippen LogP contribution in [0.2, 0.25) is 0 Å². The Kier molecular flexibility index (Phi) is 2.56. The van der Waals surface area contributed by atoms with Crippen molar-refractivity contribution in [1.82, 2.24) is 9.97 Å². The summed E-state index contributed by atoms with van der Waals surface area (Å²) >= 11 is 0. The van der Waals surface area contributed by atoms with Crippen molar-refractivity contribution in [2.24, 2.45) is 0 Å². The first-order valence-electron chi connectivity index (χ1n) is 6.03. The molecule has 0 bridgehead atoms. The van der Waals surface area contributed by atoms with Crippen molar-refractivity contribution < 1.29 is 0 Å². The van der Waals surface area contributed by atoms with Crippen LogP contribution in [0.1, 0.15) is 11.1 Å². The molecule has 0 atom stereocenters. The van der Waals surface area contributed by atoms with Crippen LogP contribution in [-0.2, 0) is 0 Å². The van der Waals surface area contributed by atoms with E-state index in [0.717, 1.165) is 22.3 Å². The van der Waals surface area contributed by atoms with E-state index < -0.39 is 0 Å². The summed E-state index contributed by atoms with van der Waals surface area (Å²) in [5, 5.41) is 1.09. The third-order valence-electron chi connectivity index (χ3n) is 3.01. The molecule has 2 nitrogen and oxygen atoms in total. The number of hydrogen-bond acceptors (Lipinski definition) is 2. The monoisotopic (exact) mass is 234 g/mol. The highest BCUT2D eigenvalue weighted by Gasteiger charge is 2.03. The highest BCUT2D eigenvalue weighted by atomic mass is 14.9. The SMILES string of the molecule is Cc1cccc(-c2ncc3cc(C)ccc3n2)c1. The van der Waals surface area contributed by atoms with Crippen LogP contribution in [-0.4, -0.2) is 9.97 Å². The summed E-state index contributed by atoms with van der Waals surface area (Å²) in [7, 11) is 0. The fraction of sp³-hybridized carbons (Fsp3) is 0.125. The van der Waals surface area contributed by atoms with Crippen LogP contribution in [0.4, 0.5) is 0 Å². The van der Waals surface area contributed by atoms with Gasteiger partial charge in [-0.1, -0.05) is 35.4 Å². The van der Waals surface area contributed by atoms with Gasteiger partial charge in [0.2, 0.25) is 0 Å². The van der Waals surface area contributed by atoms with Gasteiger partial charge in [-0.25, -0.2) is 9.97 Å². The number of rotatable bonds is 1. The molecule has 88 valence electrons. The van der Waals surface area contributed by atoms with Crippen molar-refractivity contribution in [3.05, 3.63) is 59.8 Å². The third kappa shape index (κ3) is 1.97. The smallest absolute Gasteiger partial charge is 0.159 e. The minimum Gasteiger partial charge on any atom is -0.236 e. The normalized spacial score (nSPS) is 10.8. The maximum absolute atomic E-state index is 4.62. The lowest BCUT2D eigenvalue weighted by Crippen LogP contribution is -1.90. The molecule has 0 N–H and O–H groups in total. The van der Waals surface area contributed by atoms with Gasteiger partial charge in [0.05, 0.1) is 5.52 Å². The Bertz CT molecular complexity index is 717. The number of aromatic nitrogens is 2. The zero-order valence-electron chi connectivity index (χ0n) is 10.5. The molecule has 0 radical (unpaired) electrons. The highest BCUT2D eigenvalue weighted by molar-refractivity contribution is 5.80. The molecule has 0 saturated carbocycles. The summed E-state index contributed by atoms with van der Waals surface area (Å²) in [5.41, 5.74) is 4.51. The molecule has 1 heterocycles. The van der Waals surface area contributed by atoms with Gasteiger partial charge in [-0.2, -0.15) is 0 Å². The summed E-state index contributed by atoms with van der Waals surface area (Å²) in [5.74, 6) is 0.787. The average Bonchev–Trinajstić information content (AvgIpc) is 2.38. The number of benzene rings is 2. The molecule has 18 heavy (non-hydrogen) atoms. The van der Waals surface area contributed by atoms with E-state index in [1.54, 1.807) is 0 Å². The Hall–Kier alpha value is -2.22. The van der Waals surface area contributed by atoms with Crippen molar-refractivity contribution in [3.8, 4) is 11.4 Å². The average molecular weight is 234 g/mol. The van der Waals surface area contributed by atoms with Crippen molar-refractivity contribution in [2.45, 2.75) is 13.8 Å². The van der Waals surface area contributed by atoms with Gasteiger partial charge in [-0.3, -0.25) is 0 Å². The summed E-state index contributed by atoms with van der Waals surface area (Å²) in [6.45, 7) is 4.15. The second-order valence-corrected chi connectivity index (χ2v) is 4.63. The third-order valence-corrected chi connectivity index (χ3v) is 3.01. The summed E-state index contributed by atoms with van der Waals surface area (Å²) < 4.78 is 0. The Labute approximate surface area is 106 Å². The van der Waals surface area contributed by atoms with Crippen LogP contribution in [0.15, 0.2) is 48.7 Å². The fourth-order valence-corrected chi connectivity index (χ4v) is 2.08. The molecular formula is C16H14N2. The maximum atomic E-state index is 4.62. The molecule has 0 aliphatic heterocycles. The van der Waals surface area contributed by atoms with E-state index >= 15 is 0 Å². The van der Waals surface area contributed by atoms with Crippen LogP contribution in [0.5, 0.6) is 0 Å². The first-order chi connectivity index (χ1) is 8.72. The fourth-order valence-electron chi connectivity index (χ4n) is 2.08. The molecule has 3 rings (SSSR count). The second kappa shape index (κ2) is 4.22. The summed E-state index contributed by atoms with van der Waals surface area (Å²) in [4.78, 5) is 9.06. The Morgan fingerprint density at radius 2 is 1.72 bits per heavy atom. The largest absolute Gasteiger partial charge is 0.236 e. The topological polar surface area (TPSA) is 25.8 Å². The van der Waals surface area contributed by atoms with Gasteiger partial charge in [0, 0.05) is 17.1 Å². The lowest BCUT2D eigenvalue weighted by atomic mass is 10.1. The molecule has 2 aromatic carbocycles.